The zero-order valence-electron chi connectivity index (χ0n) is 7.47. The van der Waals surface area contributed by atoms with Crippen LogP contribution in [0, 0.1) is 0 Å². The van der Waals surface area contributed by atoms with Gasteiger partial charge in [-0.15, -0.1) is 11.3 Å². The zero-order chi connectivity index (χ0) is 9.97. The largest absolute Gasteiger partial charge is 0.497 e. The highest BCUT2D eigenvalue weighted by Crippen LogP contribution is 2.25. The Labute approximate surface area is 84.5 Å². The highest BCUT2D eigenvalue weighted by atomic mass is 32.1. The summed E-state index contributed by atoms with van der Waals surface area (Å²) in [7, 11) is 1.62. The number of benzene rings is 1. The Morgan fingerprint density at radius 1 is 1.57 bits per heavy atom. The summed E-state index contributed by atoms with van der Waals surface area (Å²) in [5.74, 6) is 0.800. The third-order valence-corrected chi connectivity index (χ3v) is 2.73. The van der Waals surface area contributed by atoms with E-state index in [4.69, 9.17) is 9.94 Å². The van der Waals surface area contributed by atoms with Gasteiger partial charge in [0.1, 0.15) is 17.0 Å². The van der Waals surface area contributed by atoms with Crippen LogP contribution in [0.25, 0.3) is 10.2 Å². The number of fused-ring (bicyclic) bond motifs is 1. The number of thiazole rings is 1. The van der Waals surface area contributed by atoms with Gasteiger partial charge in [-0.2, -0.15) is 0 Å². The lowest BCUT2D eigenvalue weighted by atomic mass is 10.3. The van der Waals surface area contributed by atoms with Crippen molar-refractivity contribution in [2.45, 2.75) is 0 Å². The van der Waals surface area contributed by atoms with Gasteiger partial charge in [0.2, 0.25) is 0 Å². The normalized spacial score (nSPS) is 11.2. The van der Waals surface area contributed by atoms with Crippen LogP contribution in [0.5, 0.6) is 5.75 Å². The Bertz CT molecular complexity index is 479. The molecular formula is C9H8N2O2S. The molecule has 0 bridgehead atoms. The summed E-state index contributed by atoms with van der Waals surface area (Å²) in [6, 6.07) is 5.63. The van der Waals surface area contributed by atoms with Crippen molar-refractivity contribution in [2.75, 3.05) is 7.11 Å². The molecule has 1 heterocycles. The lowest BCUT2D eigenvalue weighted by molar-refractivity contribution is 0.322. The molecule has 0 saturated carbocycles. The molecule has 0 unspecified atom stereocenters. The number of methoxy groups -OCH3 is 1. The molecule has 14 heavy (non-hydrogen) atoms. The SMILES string of the molecule is COc1ccc2nc(/C=N/O)sc2c1. The molecule has 0 aliphatic rings. The van der Waals surface area contributed by atoms with Crippen LogP contribution in [-0.2, 0) is 0 Å². The summed E-state index contributed by atoms with van der Waals surface area (Å²) in [6.07, 6.45) is 1.32. The van der Waals surface area contributed by atoms with Gasteiger partial charge in [0.15, 0.2) is 0 Å². The third-order valence-electron chi connectivity index (χ3n) is 1.78. The van der Waals surface area contributed by atoms with Crippen LogP contribution >= 0.6 is 11.3 Å². The number of hydrogen-bond acceptors (Lipinski definition) is 5. The van der Waals surface area contributed by atoms with E-state index in [0.717, 1.165) is 16.0 Å². The number of rotatable bonds is 2. The summed E-state index contributed by atoms with van der Waals surface area (Å²) in [4.78, 5) is 4.23. The molecular weight excluding hydrogens is 200 g/mol. The van der Waals surface area contributed by atoms with E-state index in [1.165, 1.54) is 17.6 Å². The first-order chi connectivity index (χ1) is 6.83. The molecule has 0 fully saturated rings. The smallest absolute Gasteiger partial charge is 0.139 e. The summed E-state index contributed by atoms with van der Waals surface area (Å²) in [6.45, 7) is 0. The third kappa shape index (κ3) is 1.54. The van der Waals surface area contributed by atoms with E-state index in [9.17, 15) is 0 Å². The number of ether oxygens (including phenoxy) is 1. The highest BCUT2D eigenvalue weighted by molar-refractivity contribution is 7.20. The molecule has 0 amide bonds. The van der Waals surface area contributed by atoms with Crippen LogP contribution in [-0.4, -0.2) is 23.5 Å². The number of hydrogen-bond donors (Lipinski definition) is 1. The topological polar surface area (TPSA) is 54.7 Å². The van der Waals surface area contributed by atoms with Crippen molar-refractivity contribution in [3.05, 3.63) is 23.2 Å². The molecule has 0 aliphatic heterocycles. The second kappa shape index (κ2) is 3.63. The van der Waals surface area contributed by atoms with Crippen LogP contribution in [0.2, 0.25) is 0 Å². The minimum Gasteiger partial charge on any atom is -0.497 e. The fraction of sp³-hybridized carbons (Fsp3) is 0.111. The van der Waals surface area contributed by atoms with E-state index in [-0.39, 0.29) is 0 Å². The first-order valence-electron chi connectivity index (χ1n) is 3.95. The molecule has 1 aromatic heterocycles. The first-order valence-corrected chi connectivity index (χ1v) is 4.77. The molecule has 4 nitrogen and oxygen atoms in total. The fourth-order valence-electron chi connectivity index (χ4n) is 1.15. The van der Waals surface area contributed by atoms with Gasteiger partial charge < -0.3 is 9.94 Å². The van der Waals surface area contributed by atoms with Crippen LogP contribution < -0.4 is 4.74 Å². The summed E-state index contributed by atoms with van der Waals surface area (Å²) < 4.78 is 6.10. The molecule has 0 aliphatic carbocycles. The molecule has 0 saturated heterocycles. The second-order valence-corrected chi connectivity index (χ2v) is 3.69. The van der Waals surface area contributed by atoms with Crippen LogP contribution in [0.4, 0.5) is 0 Å². The van der Waals surface area contributed by atoms with Gasteiger partial charge in [-0.05, 0) is 18.2 Å². The van der Waals surface area contributed by atoms with Gasteiger partial charge in [0, 0.05) is 0 Å². The van der Waals surface area contributed by atoms with E-state index in [1.54, 1.807) is 7.11 Å². The second-order valence-electron chi connectivity index (χ2n) is 2.63. The maximum absolute atomic E-state index is 8.36. The van der Waals surface area contributed by atoms with E-state index >= 15 is 0 Å². The first kappa shape index (κ1) is 8.96. The van der Waals surface area contributed by atoms with Crippen molar-refractivity contribution in [1.82, 2.24) is 4.98 Å². The predicted molar refractivity (Wildman–Crippen MR) is 55.6 cm³/mol. The molecule has 0 spiro atoms. The Morgan fingerprint density at radius 3 is 3.14 bits per heavy atom. The monoisotopic (exact) mass is 208 g/mol. The van der Waals surface area contributed by atoms with Crippen molar-refractivity contribution in [2.24, 2.45) is 5.16 Å². The molecule has 1 aromatic carbocycles. The zero-order valence-corrected chi connectivity index (χ0v) is 8.28. The Morgan fingerprint density at radius 2 is 2.43 bits per heavy atom. The van der Waals surface area contributed by atoms with E-state index in [0.29, 0.717) is 5.01 Å². The van der Waals surface area contributed by atoms with E-state index < -0.39 is 0 Å². The fourth-order valence-corrected chi connectivity index (χ4v) is 2.02. The quantitative estimate of drug-likeness (QED) is 0.467. The van der Waals surface area contributed by atoms with Crippen molar-refractivity contribution in [1.29, 1.82) is 0 Å². The van der Waals surface area contributed by atoms with E-state index in [1.807, 2.05) is 18.2 Å². The van der Waals surface area contributed by atoms with Gasteiger partial charge in [0.25, 0.3) is 0 Å². The van der Waals surface area contributed by atoms with Gasteiger partial charge in [-0.1, -0.05) is 5.16 Å². The molecule has 0 atom stereocenters. The molecule has 1 N–H and O–H groups in total. The van der Waals surface area contributed by atoms with Crippen LogP contribution in [0.3, 0.4) is 0 Å². The lowest BCUT2D eigenvalue weighted by Crippen LogP contribution is -1.80. The van der Waals surface area contributed by atoms with Crippen LogP contribution in [0.1, 0.15) is 5.01 Å². The van der Waals surface area contributed by atoms with Crippen molar-refractivity contribution < 1.29 is 9.94 Å². The maximum atomic E-state index is 8.36. The lowest BCUT2D eigenvalue weighted by Gasteiger charge is -1.96. The van der Waals surface area contributed by atoms with Crippen molar-refractivity contribution in [3.8, 4) is 5.75 Å². The minimum absolute atomic E-state index is 0.677. The Kier molecular flexibility index (Phi) is 2.32. The predicted octanol–water partition coefficient (Wildman–Crippen LogP) is 2.11. The summed E-state index contributed by atoms with van der Waals surface area (Å²) >= 11 is 1.45. The number of aromatic nitrogens is 1. The standard InChI is InChI=1S/C9H8N2O2S/c1-13-6-2-3-7-8(4-6)14-9(11-7)5-10-12/h2-5,12H,1H3/b10-5+. The van der Waals surface area contributed by atoms with Gasteiger partial charge in [0.05, 0.1) is 17.3 Å². The molecule has 5 heteroatoms. The van der Waals surface area contributed by atoms with Crippen LogP contribution in [0.15, 0.2) is 23.4 Å². The van der Waals surface area contributed by atoms with Crippen molar-refractivity contribution in [3.63, 3.8) is 0 Å². The maximum Gasteiger partial charge on any atom is 0.139 e. The van der Waals surface area contributed by atoms with Gasteiger partial charge in [-0.3, -0.25) is 0 Å². The van der Waals surface area contributed by atoms with Crippen molar-refractivity contribution >= 4 is 27.8 Å². The Hall–Kier alpha value is -1.62. The highest BCUT2D eigenvalue weighted by Gasteiger charge is 2.02. The summed E-state index contributed by atoms with van der Waals surface area (Å²) in [5, 5.41) is 12.0. The molecule has 0 radical (unpaired) electrons. The number of nitrogens with zero attached hydrogens (tertiary/aromatic N) is 2. The molecule has 2 rings (SSSR count). The van der Waals surface area contributed by atoms with Gasteiger partial charge in [-0.25, -0.2) is 4.98 Å². The van der Waals surface area contributed by atoms with Gasteiger partial charge >= 0.3 is 0 Å². The van der Waals surface area contributed by atoms with E-state index in [2.05, 4.69) is 10.1 Å². The molecule has 2 aromatic rings. The minimum atomic E-state index is 0.677. The summed E-state index contributed by atoms with van der Waals surface area (Å²) in [5.41, 5.74) is 0.880. The molecule has 72 valence electrons. The average molecular weight is 208 g/mol. The Balaban J connectivity index is 2.54. The average Bonchev–Trinajstić information content (AvgIpc) is 2.59. The number of oxime groups is 1.